The number of anilines is 3. The number of halogens is 4. The molecule has 3 rings (SSSR count). The van der Waals surface area contributed by atoms with E-state index in [4.69, 9.17) is 16.6 Å². The Bertz CT molecular complexity index is 1020. The molecule has 10 heteroatoms. The molecule has 5 nitrogen and oxygen atoms in total. The highest BCUT2D eigenvalue weighted by atomic mass is 79.9. The van der Waals surface area contributed by atoms with Crippen LogP contribution in [-0.2, 0) is 6.18 Å². The summed E-state index contributed by atoms with van der Waals surface area (Å²) in [5.74, 6) is -0.180. The minimum absolute atomic E-state index is 0.0885. The average molecular weight is 484 g/mol. The third-order valence-corrected chi connectivity index (χ3v) is 4.54. The zero-order valence-corrected chi connectivity index (χ0v) is 16.9. The number of carbonyl (C=O) groups excluding carboxylic acids is 1. The minimum Gasteiger partial charge on any atom is -0.459 e. The van der Waals surface area contributed by atoms with Crippen molar-refractivity contribution in [2.45, 2.75) is 6.18 Å². The van der Waals surface area contributed by atoms with Gasteiger partial charge in [0.1, 0.15) is 0 Å². The number of benzene rings is 2. The molecule has 1 amide bonds. The van der Waals surface area contributed by atoms with E-state index >= 15 is 0 Å². The Labute approximate surface area is 177 Å². The van der Waals surface area contributed by atoms with Gasteiger partial charge in [-0.3, -0.25) is 4.79 Å². The van der Waals surface area contributed by atoms with Crippen LogP contribution in [0.4, 0.5) is 30.2 Å². The van der Waals surface area contributed by atoms with Gasteiger partial charge in [0.15, 0.2) is 10.9 Å². The highest BCUT2D eigenvalue weighted by Crippen LogP contribution is 2.36. The number of rotatable bonds is 4. The average Bonchev–Trinajstić information content (AvgIpc) is 3.17. The molecule has 1 aromatic heterocycles. The fourth-order valence-corrected chi connectivity index (χ4v) is 3.19. The number of hydrogen-bond acceptors (Lipinski definition) is 3. The van der Waals surface area contributed by atoms with Crippen LogP contribution in [-0.4, -0.2) is 11.0 Å². The zero-order chi connectivity index (χ0) is 21.0. The molecule has 0 unspecified atom stereocenters. The van der Waals surface area contributed by atoms with Crippen LogP contribution in [0.2, 0.25) is 0 Å². The number of thiocarbonyl (C=S) groups is 1. The van der Waals surface area contributed by atoms with Gasteiger partial charge < -0.3 is 20.4 Å². The Kier molecular flexibility index (Phi) is 6.23. The molecule has 3 N–H and O–H groups in total. The molecule has 0 saturated heterocycles. The standard InChI is InChI=1S/C19H13BrF3N3O2S/c20-15-10-13(7-8-14(15)19(21,22)23)26-18(29)25-12-5-3-11(4-6-12)24-17(27)16-2-1-9-28-16/h1-10H,(H,24,27)(H2,25,26,29). The number of amides is 1. The molecule has 0 aliphatic carbocycles. The number of carbonyl (C=O) groups is 1. The third kappa shape index (κ3) is 5.58. The lowest BCUT2D eigenvalue weighted by atomic mass is 10.2. The van der Waals surface area contributed by atoms with Gasteiger partial charge in [-0.2, -0.15) is 13.2 Å². The Morgan fingerprint density at radius 1 is 0.931 bits per heavy atom. The molecule has 0 atom stereocenters. The Hall–Kier alpha value is -2.85. The summed E-state index contributed by atoms with van der Waals surface area (Å²) in [6.07, 6.45) is -3.03. The van der Waals surface area contributed by atoms with Gasteiger partial charge in [-0.25, -0.2) is 0 Å². The molecule has 0 radical (unpaired) electrons. The van der Waals surface area contributed by atoms with E-state index in [-0.39, 0.29) is 21.3 Å². The van der Waals surface area contributed by atoms with Gasteiger partial charge in [-0.1, -0.05) is 15.9 Å². The van der Waals surface area contributed by atoms with Crippen LogP contribution < -0.4 is 16.0 Å². The summed E-state index contributed by atoms with van der Waals surface area (Å²) in [5, 5.41) is 8.61. The van der Waals surface area contributed by atoms with Crippen molar-refractivity contribution in [2.75, 3.05) is 16.0 Å². The molecule has 2 aromatic carbocycles. The van der Waals surface area contributed by atoms with Crippen molar-refractivity contribution in [3.8, 4) is 0 Å². The summed E-state index contributed by atoms with van der Waals surface area (Å²) >= 11 is 8.10. The Morgan fingerprint density at radius 3 is 2.07 bits per heavy atom. The van der Waals surface area contributed by atoms with Crippen molar-refractivity contribution >= 4 is 56.2 Å². The van der Waals surface area contributed by atoms with Crippen LogP contribution in [0.3, 0.4) is 0 Å². The van der Waals surface area contributed by atoms with Gasteiger partial charge in [0.25, 0.3) is 5.91 Å². The second-order valence-electron chi connectivity index (χ2n) is 5.78. The molecular formula is C19H13BrF3N3O2S. The predicted octanol–water partition coefficient (Wildman–Crippen LogP) is 6.12. The maximum Gasteiger partial charge on any atom is 0.417 e. The van der Waals surface area contributed by atoms with Crippen molar-refractivity contribution in [1.29, 1.82) is 0 Å². The van der Waals surface area contributed by atoms with Crippen LogP contribution in [0, 0.1) is 0 Å². The van der Waals surface area contributed by atoms with Crippen molar-refractivity contribution in [3.63, 3.8) is 0 Å². The highest BCUT2D eigenvalue weighted by Gasteiger charge is 2.32. The highest BCUT2D eigenvalue weighted by molar-refractivity contribution is 9.10. The van der Waals surface area contributed by atoms with Crippen molar-refractivity contribution in [1.82, 2.24) is 0 Å². The lowest BCUT2D eigenvalue weighted by Crippen LogP contribution is -2.19. The van der Waals surface area contributed by atoms with Gasteiger partial charge in [-0.05, 0) is 66.8 Å². The van der Waals surface area contributed by atoms with Crippen LogP contribution in [0.25, 0.3) is 0 Å². The Morgan fingerprint density at radius 2 is 1.52 bits per heavy atom. The first-order valence-corrected chi connectivity index (χ1v) is 9.32. The topological polar surface area (TPSA) is 66.3 Å². The van der Waals surface area contributed by atoms with Gasteiger partial charge in [0.2, 0.25) is 0 Å². The molecule has 1 heterocycles. The van der Waals surface area contributed by atoms with Crippen molar-refractivity contribution in [3.05, 3.63) is 76.7 Å². The third-order valence-electron chi connectivity index (χ3n) is 3.68. The molecule has 0 fully saturated rings. The lowest BCUT2D eigenvalue weighted by Gasteiger charge is -2.14. The van der Waals surface area contributed by atoms with E-state index in [9.17, 15) is 18.0 Å². The minimum atomic E-state index is -4.44. The van der Waals surface area contributed by atoms with Crippen molar-refractivity contribution in [2.24, 2.45) is 0 Å². The van der Waals surface area contributed by atoms with Crippen LogP contribution >= 0.6 is 28.1 Å². The molecule has 0 spiro atoms. The largest absolute Gasteiger partial charge is 0.459 e. The summed E-state index contributed by atoms with van der Waals surface area (Å²) in [7, 11) is 0. The number of furan rings is 1. The second kappa shape index (κ2) is 8.66. The van der Waals surface area contributed by atoms with Gasteiger partial charge in [-0.15, -0.1) is 0 Å². The summed E-state index contributed by atoms with van der Waals surface area (Å²) in [6.45, 7) is 0. The molecule has 0 saturated carbocycles. The lowest BCUT2D eigenvalue weighted by molar-refractivity contribution is -0.138. The molecule has 0 aliphatic rings. The van der Waals surface area contributed by atoms with E-state index in [0.717, 1.165) is 6.07 Å². The SMILES string of the molecule is O=C(Nc1ccc(NC(=S)Nc2ccc(C(F)(F)F)c(Br)c2)cc1)c1ccco1. The quantitative estimate of drug-likeness (QED) is 0.390. The smallest absolute Gasteiger partial charge is 0.417 e. The van der Waals surface area contributed by atoms with Crippen LogP contribution in [0.15, 0.2) is 69.8 Å². The number of hydrogen-bond donors (Lipinski definition) is 3. The van der Waals surface area contributed by atoms with Gasteiger partial charge in [0, 0.05) is 21.5 Å². The summed E-state index contributed by atoms with van der Waals surface area (Å²) in [6, 6.07) is 13.4. The summed E-state index contributed by atoms with van der Waals surface area (Å²) < 4.78 is 43.3. The maximum atomic E-state index is 12.8. The maximum absolute atomic E-state index is 12.8. The van der Waals surface area contributed by atoms with E-state index in [2.05, 4.69) is 31.9 Å². The summed E-state index contributed by atoms with van der Waals surface area (Å²) in [5.41, 5.74) is 0.811. The van der Waals surface area contributed by atoms with Gasteiger partial charge in [0.05, 0.1) is 11.8 Å². The first kappa shape index (κ1) is 20.9. The predicted molar refractivity (Wildman–Crippen MR) is 112 cm³/mol. The monoisotopic (exact) mass is 483 g/mol. The fraction of sp³-hybridized carbons (Fsp3) is 0.0526. The van der Waals surface area contributed by atoms with E-state index in [1.807, 2.05) is 0 Å². The number of nitrogens with one attached hydrogen (secondary N) is 3. The molecule has 150 valence electrons. The first-order valence-electron chi connectivity index (χ1n) is 8.12. The van der Waals surface area contributed by atoms with E-state index in [1.165, 1.54) is 18.4 Å². The van der Waals surface area contributed by atoms with Gasteiger partial charge >= 0.3 is 6.18 Å². The zero-order valence-electron chi connectivity index (χ0n) is 14.5. The molecule has 0 bridgehead atoms. The van der Waals surface area contributed by atoms with Crippen LogP contribution in [0.5, 0.6) is 0 Å². The van der Waals surface area contributed by atoms with E-state index in [0.29, 0.717) is 17.1 Å². The Balaban J connectivity index is 1.58. The van der Waals surface area contributed by atoms with E-state index in [1.54, 1.807) is 36.4 Å². The number of alkyl halides is 3. The molecule has 0 aliphatic heterocycles. The van der Waals surface area contributed by atoms with Crippen LogP contribution in [0.1, 0.15) is 16.1 Å². The summed E-state index contributed by atoms with van der Waals surface area (Å²) in [4.78, 5) is 11.9. The molecular weight excluding hydrogens is 471 g/mol. The second-order valence-corrected chi connectivity index (χ2v) is 7.04. The normalized spacial score (nSPS) is 11.0. The van der Waals surface area contributed by atoms with E-state index < -0.39 is 11.7 Å². The molecule has 3 aromatic rings. The fourth-order valence-electron chi connectivity index (χ4n) is 2.35. The molecule has 29 heavy (non-hydrogen) atoms. The first-order chi connectivity index (χ1) is 13.7. The van der Waals surface area contributed by atoms with Crippen molar-refractivity contribution < 1.29 is 22.4 Å².